The van der Waals surface area contributed by atoms with Gasteiger partial charge in [0.2, 0.25) is 10.0 Å². The zero-order valence-corrected chi connectivity index (χ0v) is 19.6. The van der Waals surface area contributed by atoms with Gasteiger partial charge >= 0.3 is 0 Å². The number of aromatic nitrogens is 1. The molecule has 0 saturated heterocycles. The van der Waals surface area contributed by atoms with Crippen LogP contribution in [0, 0.1) is 0 Å². The van der Waals surface area contributed by atoms with Crippen LogP contribution in [0.25, 0.3) is 0 Å². The largest absolute Gasteiger partial charge is 0.355 e. The molecule has 2 aromatic heterocycles. The first-order valence-corrected chi connectivity index (χ1v) is 11.1. The van der Waals surface area contributed by atoms with Crippen LogP contribution in [0.15, 0.2) is 32.1 Å². The average Bonchev–Trinajstić information content (AvgIpc) is 3.26. The molecule has 0 spiro atoms. The van der Waals surface area contributed by atoms with E-state index in [1.807, 2.05) is 0 Å². The maximum absolute atomic E-state index is 12.0. The SMILES string of the molecule is CN=C(NCCNS(=O)(=O)c1cccs1)NCc1nc(C(C)C)cs1.I. The van der Waals surface area contributed by atoms with Crippen molar-refractivity contribution in [2.75, 3.05) is 20.1 Å². The van der Waals surface area contributed by atoms with E-state index in [0.29, 0.717) is 29.2 Å². The highest BCUT2D eigenvalue weighted by molar-refractivity contribution is 14.0. The summed E-state index contributed by atoms with van der Waals surface area (Å²) in [4.78, 5) is 8.68. The number of halogens is 1. The standard InChI is InChI=1S/C15H23N5O2S3.HI/c1-11(2)12-10-24-13(20-12)9-18-15(16-3)17-6-7-19-25(21,22)14-5-4-8-23-14;/h4-5,8,10-11,19H,6-7,9H2,1-3H3,(H2,16,17,18);1H. The first-order chi connectivity index (χ1) is 11.9. The lowest BCUT2D eigenvalue weighted by molar-refractivity contribution is 0.582. The van der Waals surface area contributed by atoms with E-state index in [0.717, 1.165) is 10.7 Å². The van der Waals surface area contributed by atoms with E-state index in [-0.39, 0.29) is 30.5 Å². The monoisotopic (exact) mass is 529 g/mol. The minimum atomic E-state index is -3.42. The fourth-order valence-electron chi connectivity index (χ4n) is 1.91. The van der Waals surface area contributed by atoms with E-state index < -0.39 is 10.0 Å². The fourth-order valence-corrected chi connectivity index (χ4v) is 4.87. The van der Waals surface area contributed by atoms with E-state index in [1.54, 1.807) is 35.9 Å². The summed E-state index contributed by atoms with van der Waals surface area (Å²) in [5, 5.41) is 11.0. The molecule has 0 aromatic carbocycles. The van der Waals surface area contributed by atoms with Gasteiger partial charge < -0.3 is 10.6 Å². The van der Waals surface area contributed by atoms with Crippen molar-refractivity contribution in [3.05, 3.63) is 33.6 Å². The third kappa shape index (κ3) is 7.10. The highest BCUT2D eigenvalue weighted by Crippen LogP contribution is 2.17. The van der Waals surface area contributed by atoms with Gasteiger partial charge in [0.15, 0.2) is 5.96 Å². The van der Waals surface area contributed by atoms with Crippen molar-refractivity contribution >= 4 is 62.6 Å². The summed E-state index contributed by atoms with van der Waals surface area (Å²) >= 11 is 2.81. The Hall–Kier alpha value is -0.760. The summed E-state index contributed by atoms with van der Waals surface area (Å²) < 4.78 is 26.9. The molecule has 11 heteroatoms. The van der Waals surface area contributed by atoms with Crippen LogP contribution < -0.4 is 15.4 Å². The zero-order valence-electron chi connectivity index (χ0n) is 14.9. The third-order valence-corrected chi connectivity index (χ3v) is 6.99. The van der Waals surface area contributed by atoms with Crippen molar-refractivity contribution in [2.24, 2.45) is 4.99 Å². The van der Waals surface area contributed by atoms with Gasteiger partial charge in [-0.2, -0.15) is 0 Å². The molecule has 2 heterocycles. The Kier molecular flexibility index (Phi) is 10.00. The summed E-state index contributed by atoms with van der Waals surface area (Å²) in [5.41, 5.74) is 1.09. The minimum Gasteiger partial charge on any atom is -0.355 e. The Morgan fingerprint density at radius 1 is 1.27 bits per heavy atom. The van der Waals surface area contributed by atoms with E-state index in [2.05, 4.69) is 44.6 Å². The predicted molar refractivity (Wildman–Crippen MR) is 119 cm³/mol. The summed E-state index contributed by atoms with van der Waals surface area (Å²) in [5.74, 6) is 1.02. The molecular formula is C15H24IN5O2S3. The molecule has 0 saturated carbocycles. The zero-order chi connectivity index (χ0) is 18.3. The van der Waals surface area contributed by atoms with E-state index in [9.17, 15) is 8.42 Å². The van der Waals surface area contributed by atoms with Gasteiger partial charge in [-0.1, -0.05) is 19.9 Å². The number of nitrogens with zero attached hydrogens (tertiary/aromatic N) is 2. The normalized spacial score (nSPS) is 12.1. The molecule has 0 aliphatic heterocycles. The molecule has 0 radical (unpaired) electrons. The van der Waals surface area contributed by atoms with Crippen molar-refractivity contribution in [1.82, 2.24) is 20.3 Å². The lowest BCUT2D eigenvalue weighted by Crippen LogP contribution is -2.41. The molecular weight excluding hydrogens is 505 g/mol. The number of nitrogens with one attached hydrogen (secondary N) is 3. The summed E-state index contributed by atoms with van der Waals surface area (Å²) in [6.45, 7) is 5.51. The number of guanidine groups is 1. The number of thiazole rings is 1. The molecule has 0 amide bonds. The number of hydrogen-bond donors (Lipinski definition) is 3. The van der Waals surface area contributed by atoms with Crippen molar-refractivity contribution in [3.63, 3.8) is 0 Å². The van der Waals surface area contributed by atoms with Crippen LogP contribution >= 0.6 is 46.7 Å². The van der Waals surface area contributed by atoms with Crippen LogP contribution in [0.5, 0.6) is 0 Å². The molecule has 146 valence electrons. The maximum atomic E-state index is 12.0. The molecule has 0 atom stereocenters. The summed E-state index contributed by atoms with van der Waals surface area (Å²) in [6, 6.07) is 3.30. The maximum Gasteiger partial charge on any atom is 0.250 e. The molecule has 0 bridgehead atoms. The molecule has 0 aliphatic rings. The van der Waals surface area contributed by atoms with Gasteiger partial charge in [-0.3, -0.25) is 4.99 Å². The second-order valence-electron chi connectivity index (χ2n) is 5.50. The number of aliphatic imine (C=N–C) groups is 1. The Bertz CT molecular complexity index is 788. The van der Waals surface area contributed by atoms with Gasteiger partial charge in [-0.05, 0) is 17.4 Å². The number of sulfonamides is 1. The third-order valence-electron chi connectivity index (χ3n) is 3.26. The quantitative estimate of drug-likeness (QED) is 0.212. The van der Waals surface area contributed by atoms with Crippen LogP contribution in [0.4, 0.5) is 0 Å². The number of rotatable bonds is 8. The highest BCUT2D eigenvalue weighted by atomic mass is 127. The van der Waals surface area contributed by atoms with Gasteiger partial charge in [0, 0.05) is 25.5 Å². The first-order valence-electron chi connectivity index (χ1n) is 7.84. The molecule has 2 aromatic rings. The summed E-state index contributed by atoms with van der Waals surface area (Å²) in [6.07, 6.45) is 0. The van der Waals surface area contributed by atoms with Crippen molar-refractivity contribution in [3.8, 4) is 0 Å². The van der Waals surface area contributed by atoms with Crippen LogP contribution in [0.2, 0.25) is 0 Å². The van der Waals surface area contributed by atoms with Gasteiger partial charge in [0.25, 0.3) is 0 Å². The van der Waals surface area contributed by atoms with Crippen molar-refractivity contribution < 1.29 is 8.42 Å². The molecule has 0 aliphatic carbocycles. The lowest BCUT2D eigenvalue weighted by Gasteiger charge is -2.11. The first kappa shape index (κ1) is 23.3. The molecule has 7 nitrogen and oxygen atoms in total. The van der Waals surface area contributed by atoms with Gasteiger partial charge in [0.05, 0.1) is 12.2 Å². The predicted octanol–water partition coefficient (Wildman–Crippen LogP) is 2.59. The topological polar surface area (TPSA) is 95.5 Å². The Balaban J connectivity index is 0.00000338. The summed E-state index contributed by atoms with van der Waals surface area (Å²) in [7, 11) is -1.75. The lowest BCUT2D eigenvalue weighted by atomic mass is 10.2. The molecule has 26 heavy (non-hydrogen) atoms. The number of hydrogen-bond acceptors (Lipinski definition) is 6. The second-order valence-corrected chi connectivity index (χ2v) is 9.39. The molecule has 2 rings (SSSR count). The smallest absolute Gasteiger partial charge is 0.250 e. The van der Waals surface area contributed by atoms with E-state index in [4.69, 9.17) is 0 Å². The van der Waals surface area contributed by atoms with Crippen molar-refractivity contribution in [2.45, 2.75) is 30.5 Å². The fraction of sp³-hybridized carbons (Fsp3) is 0.467. The van der Waals surface area contributed by atoms with E-state index in [1.165, 1.54) is 11.3 Å². The highest BCUT2D eigenvalue weighted by Gasteiger charge is 2.13. The average molecular weight is 529 g/mol. The van der Waals surface area contributed by atoms with Gasteiger partial charge in [0.1, 0.15) is 9.22 Å². The van der Waals surface area contributed by atoms with Crippen LogP contribution in [0.3, 0.4) is 0 Å². The van der Waals surface area contributed by atoms with E-state index >= 15 is 0 Å². The van der Waals surface area contributed by atoms with Gasteiger partial charge in [-0.25, -0.2) is 18.1 Å². The second kappa shape index (κ2) is 11.2. The molecule has 0 unspecified atom stereocenters. The molecule has 3 N–H and O–H groups in total. The Labute approximate surface area is 179 Å². The number of thiophene rings is 1. The Morgan fingerprint density at radius 2 is 2.04 bits per heavy atom. The molecule has 0 fully saturated rings. The minimum absolute atomic E-state index is 0. The van der Waals surface area contributed by atoms with Crippen molar-refractivity contribution in [1.29, 1.82) is 0 Å². The van der Waals surface area contributed by atoms with Gasteiger partial charge in [-0.15, -0.1) is 46.7 Å². The van der Waals surface area contributed by atoms with Crippen LogP contribution in [0.1, 0.15) is 30.5 Å². The van der Waals surface area contributed by atoms with Crippen LogP contribution in [-0.2, 0) is 16.6 Å². The Morgan fingerprint density at radius 3 is 2.62 bits per heavy atom. The van der Waals surface area contributed by atoms with Crippen LogP contribution in [-0.4, -0.2) is 39.5 Å².